The Morgan fingerprint density at radius 1 is 1.24 bits per heavy atom. The van der Waals surface area contributed by atoms with Crippen LogP contribution in [0.2, 0.25) is 0 Å². The van der Waals surface area contributed by atoms with Crippen LogP contribution in [0.3, 0.4) is 0 Å². The van der Waals surface area contributed by atoms with Gasteiger partial charge in [-0.3, -0.25) is 9.59 Å². The maximum atomic E-state index is 12.1. The monoisotopic (exact) mass is 310 g/mol. The van der Waals surface area contributed by atoms with Crippen LogP contribution in [0.1, 0.15) is 18.5 Å². The van der Waals surface area contributed by atoms with Crippen LogP contribution in [0.25, 0.3) is 0 Å². The van der Waals surface area contributed by atoms with E-state index in [4.69, 9.17) is 0 Å². The van der Waals surface area contributed by atoms with E-state index in [0.717, 1.165) is 0 Å². The van der Waals surface area contributed by atoms with Crippen LogP contribution in [0.15, 0.2) is 30.3 Å². The molecule has 114 valence electrons. The highest BCUT2D eigenvalue weighted by Crippen LogP contribution is 2.23. The standard InChI is InChI=1S/C14H18N2O4S/c1-2-21(19,20)9-8-16-12(17)10-15-14(18)13(16)11-6-4-3-5-7-11/h3-7,13H,2,8-10H2,1H3,(H,15,18). The highest BCUT2D eigenvalue weighted by Gasteiger charge is 2.35. The Labute approximate surface area is 124 Å². The number of sulfone groups is 1. The van der Waals surface area contributed by atoms with Crippen molar-refractivity contribution in [3.8, 4) is 0 Å². The number of piperazine rings is 1. The second-order valence-electron chi connectivity index (χ2n) is 4.85. The highest BCUT2D eigenvalue weighted by atomic mass is 32.2. The Kier molecular flexibility index (Phi) is 4.62. The van der Waals surface area contributed by atoms with Crippen LogP contribution in [-0.2, 0) is 19.4 Å². The second-order valence-corrected chi connectivity index (χ2v) is 7.33. The summed E-state index contributed by atoms with van der Waals surface area (Å²) in [6.45, 7) is 1.51. The fraction of sp³-hybridized carbons (Fsp3) is 0.429. The van der Waals surface area contributed by atoms with Gasteiger partial charge in [0.05, 0.1) is 12.3 Å². The summed E-state index contributed by atoms with van der Waals surface area (Å²) in [5, 5.41) is 2.54. The summed E-state index contributed by atoms with van der Waals surface area (Å²) in [4.78, 5) is 25.5. The smallest absolute Gasteiger partial charge is 0.247 e. The minimum absolute atomic E-state index is 0.0250. The summed E-state index contributed by atoms with van der Waals surface area (Å²) in [7, 11) is -3.19. The zero-order valence-electron chi connectivity index (χ0n) is 11.8. The number of amides is 2. The SMILES string of the molecule is CCS(=O)(=O)CCN1C(=O)CNC(=O)C1c1ccccc1. The van der Waals surface area contributed by atoms with Gasteiger partial charge >= 0.3 is 0 Å². The van der Waals surface area contributed by atoms with E-state index < -0.39 is 15.9 Å². The molecule has 1 heterocycles. The molecule has 6 nitrogen and oxygen atoms in total. The number of benzene rings is 1. The highest BCUT2D eigenvalue weighted by molar-refractivity contribution is 7.91. The molecule has 1 unspecified atom stereocenters. The van der Waals surface area contributed by atoms with E-state index in [1.54, 1.807) is 31.2 Å². The van der Waals surface area contributed by atoms with Crippen LogP contribution >= 0.6 is 0 Å². The maximum absolute atomic E-state index is 12.1. The van der Waals surface area contributed by atoms with Gasteiger partial charge in [-0.05, 0) is 5.56 Å². The lowest BCUT2D eigenvalue weighted by Gasteiger charge is -2.35. The molecule has 2 rings (SSSR count). The average Bonchev–Trinajstić information content (AvgIpc) is 2.49. The van der Waals surface area contributed by atoms with Crippen molar-refractivity contribution in [1.82, 2.24) is 10.2 Å². The molecule has 1 saturated heterocycles. The molecule has 0 aromatic heterocycles. The summed E-state index contributed by atoms with van der Waals surface area (Å²) in [6, 6.07) is 8.12. The van der Waals surface area contributed by atoms with E-state index in [1.165, 1.54) is 4.90 Å². The Morgan fingerprint density at radius 2 is 1.90 bits per heavy atom. The second kappa shape index (κ2) is 6.26. The molecular formula is C14H18N2O4S. The third-order valence-corrected chi connectivity index (χ3v) is 5.18. The van der Waals surface area contributed by atoms with Gasteiger partial charge in [0.15, 0.2) is 9.84 Å². The number of nitrogens with zero attached hydrogens (tertiary/aromatic N) is 1. The number of hydrogen-bond donors (Lipinski definition) is 1. The molecule has 0 bridgehead atoms. The zero-order valence-corrected chi connectivity index (χ0v) is 12.6. The van der Waals surface area contributed by atoms with E-state index in [1.807, 2.05) is 6.07 Å². The fourth-order valence-electron chi connectivity index (χ4n) is 2.25. The number of rotatable bonds is 5. The number of nitrogens with one attached hydrogen (secondary N) is 1. The lowest BCUT2D eigenvalue weighted by atomic mass is 10.0. The zero-order chi connectivity index (χ0) is 15.5. The molecule has 0 saturated carbocycles. The maximum Gasteiger partial charge on any atom is 0.247 e. The Hall–Kier alpha value is -1.89. The van der Waals surface area contributed by atoms with E-state index in [-0.39, 0.29) is 36.4 Å². The van der Waals surface area contributed by atoms with Gasteiger partial charge in [0.25, 0.3) is 0 Å². The molecule has 1 aromatic carbocycles. The van der Waals surface area contributed by atoms with Crippen molar-refractivity contribution < 1.29 is 18.0 Å². The average molecular weight is 310 g/mol. The van der Waals surface area contributed by atoms with Crippen LogP contribution in [0.4, 0.5) is 0 Å². The molecule has 0 aliphatic carbocycles. The van der Waals surface area contributed by atoms with Crippen molar-refractivity contribution >= 4 is 21.7 Å². The van der Waals surface area contributed by atoms with E-state index in [0.29, 0.717) is 5.56 Å². The van der Waals surface area contributed by atoms with E-state index in [2.05, 4.69) is 5.32 Å². The van der Waals surface area contributed by atoms with Gasteiger partial charge in [0.2, 0.25) is 11.8 Å². The lowest BCUT2D eigenvalue weighted by Crippen LogP contribution is -2.54. The minimum atomic E-state index is -3.19. The predicted molar refractivity (Wildman–Crippen MR) is 78.2 cm³/mol. The van der Waals surface area contributed by atoms with Gasteiger partial charge in [-0.15, -0.1) is 0 Å². The van der Waals surface area contributed by atoms with Crippen LogP contribution in [0.5, 0.6) is 0 Å². The van der Waals surface area contributed by atoms with Crippen molar-refractivity contribution in [2.45, 2.75) is 13.0 Å². The van der Waals surface area contributed by atoms with Crippen LogP contribution in [0, 0.1) is 0 Å². The third-order valence-electron chi connectivity index (χ3n) is 3.49. The topological polar surface area (TPSA) is 83.6 Å². The molecular weight excluding hydrogens is 292 g/mol. The van der Waals surface area contributed by atoms with E-state index in [9.17, 15) is 18.0 Å². The molecule has 1 aromatic rings. The van der Waals surface area contributed by atoms with Gasteiger partial charge in [0, 0.05) is 12.3 Å². The number of carbonyl (C=O) groups is 2. The predicted octanol–water partition coefficient (Wildman–Crippen LogP) is 0.121. The molecule has 1 aliphatic heterocycles. The first-order valence-corrected chi connectivity index (χ1v) is 8.59. The molecule has 21 heavy (non-hydrogen) atoms. The summed E-state index contributed by atoms with van der Waals surface area (Å²) in [5.41, 5.74) is 0.678. The molecule has 0 radical (unpaired) electrons. The van der Waals surface area contributed by atoms with Gasteiger partial charge in [-0.25, -0.2) is 8.42 Å². The van der Waals surface area contributed by atoms with Crippen molar-refractivity contribution in [2.24, 2.45) is 0 Å². The minimum Gasteiger partial charge on any atom is -0.345 e. The van der Waals surface area contributed by atoms with Crippen molar-refractivity contribution in [2.75, 3.05) is 24.6 Å². The van der Waals surface area contributed by atoms with Gasteiger partial charge in [-0.1, -0.05) is 37.3 Å². The molecule has 0 spiro atoms. The van der Waals surface area contributed by atoms with Crippen molar-refractivity contribution in [1.29, 1.82) is 0 Å². The molecule has 1 aliphatic rings. The number of carbonyl (C=O) groups excluding carboxylic acids is 2. The summed E-state index contributed by atoms with van der Waals surface area (Å²) < 4.78 is 23.3. The first kappa shape index (κ1) is 15.5. The Bertz CT molecular complexity index is 628. The van der Waals surface area contributed by atoms with E-state index >= 15 is 0 Å². The quantitative estimate of drug-likeness (QED) is 0.837. The first-order chi connectivity index (χ1) is 9.94. The normalized spacial score (nSPS) is 19.5. The van der Waals surface area contributed by atoms with Crippen molar-refractivity contribution in [3.63, 3.8) is 0 Å². The van der Waals surface area contributed by atoms with Crippen LogP contribution < -0.4 is 5.32 Å². The fourth-order valence-corrected chi connectivity index (χ4v) is 3.01. The Morgan fingerprint density at radius 3 is 2.52 bits per heavy atom. The largest absolute Gasteiger partial charge is 0.345 e. The Balaban J connectivity index is 2.25. The van der Waals surface area contributed by atoms with Gasteiger partial charge < -0.3 is 10.2 Å². The van der Waals surface area contributed by atoms with Crippen LogP contribution in [-0.4, -0.2) is 49.7 Å². The van der Waals surface area contributed by atoms with Gasteiger partial charge in [-0.2, -0.15) is 0 Å². The molecule has 2 amide bonds. The third kappa shape index (κ3) is 3.60. The molecule has 1 atom stereocenters. The molecule has 1 N–H and O–H groups in total. The molecule has 7 heteroatoms. The first-order valence-electron chi connectivity index (χ1n) is 6.77. The van der Waals surface area contributed by atoms with Gasteiger partial charge in [0.1, 0.15) is 6.04 Å². The number of hydrogen-bond acceptors (Lipinski definition) is 4. The van der Waals surface area contributed by atoms with Crippen molar-refractivity contribution in [3.05, 3.63) is 35.9 Å². The summed E-state index contributed by atoms with van der Waals surface area (Å²) >= 11 is 0. The lowest BCUT2D eigenvalue weighted by molar-refractivity contribution is -0.145. The molecule has 1 fully saturated rings. The summed E-state index contributed by atoms with van der Waals surface area (Å²) in [6.07, 6.45) is 0. The summed E-state index contributed by atoms with van der Waals surface area (Å²) in [5.74, 6) is -0.659.